The van der Waals surface area contributed by atoms with Gasteiger partial charge < -0.3 is 14.6 Å². The summed E-state index contributed by atoms with van der Waals surface area (Å²) in [5.74, 6) is 0.638. The van der Waals surface area contributed by atoms with E-state index in [0.29, 0.717) is 25.2 Å². The minimum Gasteiger partial charge on any atom is -0.389 e. The Morgan fingerprint density at radius 1 is 1.15 bits per heavy atom. The minimum atomic E-state index is -0.387. The number of aliphatic hydroxyl groups excluding tert-OH is 1. The summed E-state index contributed by atoms with van der Waals surface area (Å²) in [5.41, 5.74) is 0. The van der Waals surface area contributed by atoms with Gasteiger partial charge in [0.2, 0.25) is 0 Å². The maximum absolute atomic E-state index is 10.2. The van der Waals surface area contributed by atoms with Gasteiger partial charge in [-0.2, -0.15) is 0 Å². The zero-order valence-corrected chi connectivity index (χ0v) is 13.3. The summed E-state index contributed by atoms with van der Waals surface area (Å²) in [6.45, 7) is 9.42. The van der Waals surface area contributed by atoms with Gasteiger partial charge in [0, 0.05) is 19.6 Å². The summed E-state index contributed by atoms with van der Waals surface area (Å²) in [6, 6.07) is 0. The van der Waals surface area contributed by atoms with E-state index in [9.17, 15) is 5.11 Å². The number of nitrogens with zero attached hydrogens (tertiary/aromatic N) is 1. The molecule has 0 aromatic carbocycles. The molecule has 1 saturated carbocycles. The quantitative estimate of drug-likeness (QED) is 0.839. The molecule has 2 unspecified atom stereocenters. The fraction of sp³-hybridized carbons (Fsp3) is 1.00. The number of rotatable bonds is 5. The smallest absolute Gasteiger partial charge is 0.0900 e. The average Bonchev–Trinajstić information content (AvgIpc) is 2.36. The molecule has 0 spiro atoms. The van der Waals surface area contributed by atoms with E-state index in [2.05, 4.69) is 25.7 Å². The molecule has 4 nitrogen and oxygen atoms in total. The van der Waals surface area contributed by atoms with Crippen molar-refractivity contribution in [2.75, 3.05) is 26.2 Å². The Bertz CT molecular complexity index is 277. The second-order valence-electron chi connectivity index (χ2n) is 6.76. The summed E-state index contributed by atoms with van der Waals surface area (Å²) >= 11 is 0. The van der Waals surface area contributed by atoms with Gasteiger partial charge in [0.25, 0.3) is 0 Å². The van der Waals surface area contributed by atoms with Crippen molar-refractivity contribution in [1.29, 1.82) is 0 Å². The molecule has 118 valence electrons. The van der Waals surface area contributed by atoms with E-state index in [4.69, 9.17) is 9.47 Å². The van der Waals surface area contributed by atoms with E-state index in [1.54, 1.807) is 0 Å². The molecule has 20 heavy (non-hydrogen) atoms. The van der Waals surface area contributed by atoms with Crippen molar-refractivity contribution in [3.63, 3.8) is 0 Å². The van der Waals surface area contributed by atoms with Crippen LogP contribution in [0.4, 0.5) is 0 Å². The molecule has 0 radical (unpaired) electrons. The maximum atomic E-state index is 10.2. The van der Waals surface area contributed by atoms with Crippen molar-refractivity contribution in [2.45, 2.75) is 70.9 Å². The predicted octanol–water partition coefficient (Wildman–Crippen LogP) is 2.05. The van der Waals surface area contributed by atoms with Crippen LogP contribution in [0.15, 0.2) is 0 Å². The molecular formula is C16H31NO3. The molecule has 1 heterocycles. The Hall–Kier alpha value is -0.160. The van der Waals surface area contributed by atoms with Crippen molar-refractivity contribution < 1.29 is 14.6 Å². The molecule has 1 saturated heterocycles. The number of hydrogen-bond donors (Lipinski definition) is 1. The third kappa shape index (κ3) is 4.99. The summed E-state index contributed by atoms with van der Waals surface area (Å²) < 4.78 is 11.7. The standard InChI is InChI=1S/C16H31NO3/c1-12-6-4-5-7-16(12)19-11-15(18)10-17-8-13(2)20-14(3)9-17/h12-16,18H,4-11H2,1-3H3/t12?,13-,14+,15-,16?/m1/s1. The lowest BCUT2D eigenvalue weighted by Crippen LogP contribution is -2.48. The van der Waals surface area contributed by atoms with Crippen molar-refractivity contribution >= 4 is 0 Å². The zero-order valence-electron chi connectivity index (χ0n) is 13.3. The number of hydrogen-bond acceptors (Lipinski definition) is 4. The summed E-state index contributed by atoms with van der Waals surface area (Å²) in [5, 5.41) is 10.2. The van der Waals surface area contributed by atoms with Gasteiger partial charge in [-0.15, -0.1) is 0 Å². The molecule has 0 amide bonds. The first-order valence-electron chi connectivity index (χ1n) is 8.22. The van der Waals surface area contributed by atoms with Crippen LogP contribution in [0, 0.1) is 5.92 Å². The Morgan fingerprint density at radius 2 is 1.80 bits per heavy atom. The first kappa shape index (κ1) is 16.2. The van der Waals surface area contributed by atoms with Crippen LogP contribution < -0.4 is 0 Å². The second-order valence-corrected chi connectivity index (χ2v) is 6.76. The first-order valence-corrected chi connectivity index (χ1v) is 8.22. The highest BCUT2D eigenvalue weighted by Crippen LogP contribution is 2.26. The SMILES string of the molecule is CC1CCCCC1OC[C@H](O)CN1C[C@@H](C)O[C@@H](C)C1. The van der Waals surface area contributed by atoms with Crippen LogP contribution >= 0.6 is 0 Å². The van der Waals surface area contributed by atoms with E-state index in [0.717, 1.165) is 19.5 Å². The van der Waals surface area contributed by atoms with E-state index >= 15 is 0 Å². The van der Waals surface area contributed by atoms with Gasteiger partial charge in [0.15, 0.2) is 0 Å². The van der Waals surface area contributed by atoms with Crippen LogP contribution in [0.3, 0.4) is 0 Å². The Labute approximate surface area is 123 Å². The third-order valence-electron chi connectivity index (χ3n) is 4.50. The predicted molar refractivity (Wildman–Crippen MR) is 79.8 cm³/mol. The van der Waals surface area contributed by atoms with Gasteiger partial charge >= 0.3 is 0 Å². The molecule has 1 aliphatic carbocycles. The fourth-order valence-corrected chi connectivity index (χ4v) is 3.55. The highest BCUT2D eigenvalue weighted by Gasteiger charge is 2.26. The van der Waals surface area contributed by atoms with Gasteiger partial charge in [-0.25, -0.2) is 0 Å². The normalized spacial score (nSPS) is 37.8. The van der Waals surface area contributed by atoms with Gasteiger partial charge in [-0.3, -0.25) is 4.90 Å². The van der Waals surface area contributed by atoms with Crippen molar-refractivity contribution in [1.82, 2.24) is 4.90 Å². The van der Waals surface area contributed by atoms with Crippen LogP contribution in [0.1, 0.15) is 46.5 Å². The Morgan fingerprint density at radius 3 is 2.45 bits per heavy atom. The summed E-state index contributed by atoms with van der Waals surface area (Å²) in [6.07, 6.45) is 5.48. The van der Waals surface area contributed by atoms with Gasteiger partial charge in [-0.05, 0) is 32.6 Å². The number of morpholine rings is 1. The fourth-order valence-electron chi connectivity index (χ4n) is 3.55. The largest absolute Gasteiger partial charge is 0.389 e. The maximum Gasteiger partial charge on any atom is 0.0900 e. The molecule has 4 heteroatoms. The van der Waals surface area contributed by atoms with Crippen LogP contribution in [-0.2, 0) is 9.47 Å². The monoisotopic (exact) mass is 285 g/mol. The highest BCUT2D eigenvalue weighted by molar-refractivity contribution is 4.77. The molecule has 1 aliphatic heterocycles. The lowest BCUT2D eigenvalue weighted by Gasteiger charge is -2.36. The van der Waals surface area contributed by atoms with E-state index < -0.39 is 0 Å². The average molecular weight is 285 g/mol. The molecular weight excluding hydrogens is 254 g/mol. The molecule has 0 aromatic rings. The van der Waals surface area contributed by atoms with Gasteiger partial charge in [0.1, 0.15) is 0 Å². The van der Waals surface area contributed by atoms with E-state index in [1.807, 2.05) is 0 Å². The van der Waals surface area contributed by atoms with Crippen molar-refractivity contribution in [3.8, 4) is 0 Å². The topological polar surface area (TPSA) is 41.9 Å². The molecule has 2 fully saturated rings. The summed E-state index contributed by atoms with van der Waals surface area (Å²) in [4.78, 5) is 2.29. The molecule has 2 aliphatic rings. The second kappa shape index (κ2) is 7.74. The van der Waals surface area contributed by atoms with Crippen LogP contribution in [0.2, 0.25) is 0 Å². The Balaban J connectivity index is 1.68. The Kier molecular flexibility index (Phi) is 6.27. The molecule has 0 bridgehead atoms. The van der Waals surface area contributed by atoms with Gasteiger partial charge in [0.05, 0.1) is 31.0 Å². The minimum absolute atomic E-state index is 0.255. The number of aliphatic hydroxyl groups is 1. The lowest BCUT2D eigenvalue weighted by atomic mass is 9.88. The molecule has 1 N–H and O–H groups in total. The first-order chi connectivity index (χ1) is 9.54. The summed E-state index contributed by atoms with van der Waals surface area (Å²) in [7, 11) is 0. The highest BCUT2D eigenvalue weighted by atomic mass is 16.5. The van der Waals surface area contributed by atoms with Crippen LogP contribution in [0.25, 0.3) is 0 Å². The van der Waals surface area contributed by atoms with E-state index in [1.165, 1.54) is 19.3 Å². The van der Waals surface area contributed by atoms with Crippen LogP contribution in [0.5, 0.6) is 0 Å². The van der Waals surface area contributed by atoms with Crippen molar-refractivity contribution in [2.24, 2.45) is 5.92 Å². The van der Waals surface area contributed by atoms with Crippen LogP contribution in [-0.4, -0.2) is 60.7 Å². The van der Waals surface area contributed by atoms with Gasteiger partial charge in [-0.1, -0.05) is 19.8 Å². The molecule has 0 aromatic heterocycles. The number of β-amino-alcohol motifs (C(OH)–C–C–N with tert-alkyl or cyclic N) is 1. The third-order valence-corrected chi connectivity index (χ3v) is 4.50. The number of ether oxygens (including phenoxy) is 2. The molecule has 2 rings (SSSR count). The van der Waals surface area contributed by atoms with Crippen molar-refractivity contribution in [3.05, 3.63) is 0 Å². The van der Waals surface area contributed by atoms with E-state index in [-0.39, 0.29) is 18.3 Å². The lowest BCUT2D eigenvalue weighted by molar-refractivity contribution is -0.0911. The molecule has 5 atom stereocenters. The zero-order chi connectivity index (χ0) is 14.5.